The summed E-state index contributed by atoms with van der Waals surface area (Å²) in [5.41, 5.74) is 2.76. The van der Waals surface area contributed by atoms with Gasteiger partial charge in [0.2, 0.25) is 0 Å². The van der Waals surface area contributed by atoms with E-state index in [1.165, 1.54) is 0 Å². The summed E-state index contributed by atoms with van der Waals surface area (Å²) in [5.74, 6) is 0.819. The second kappa shape index (κ2) is 5.69. The van der Waals surface area contributed by atoms with E-state index in [0.29, 0.717) is 17.3 Å². The molecule has 4 nitrogen and oxygen atoms in total. The molecule has 0 aliphatic rings. The fraction of sp³-hybridized carbons (Fsp3) is 0.333. The van der Waals surface area contributed by atoms with E-state index >= 15 is 0 Å². The molecule has 4 heteroatoms. The largest absolute Gasteiger partial charge is 0.305 e. The summed E-state index contributed by atoms with van der Waals surface area (Å²) in [6.07, 6.45) is 0.835. The first-order chi connectivity index (χ1) is 9.11. The van der Waals surface area contributed by atoms with Crippen LogP contribution in [0.15, 0.2) is 30.3 Å². The third-order valence-corrected chi connectivity index (χ3v) is 3.10. The van der Waals surface area contributed by atoms with Crippen molar-refractivity contribution in [1.82, 2.24) is 10.2 Å². The van der Waals surface area contributed by atoms with E-state index in [1.807, 2.05) is 37.3 Å². The lowest BCUT2D eigenvalue weighted by Gasteiger charge is -2.06. The average Bonchev–Trinajstić information content (AvgIpc) is 2.87. The number of rotatable bonds is 4. The smallest absolute Gasteiger partial charge is 0.257 e. The Bertz CT molecular complexity index is 572. The van der Waals surface area contributed by atoms with Gasteiger partial charge in [0, 0.05) is 17.3 Å². The molecule has 0 aliphatic carbocycles. The second-order valence-electron chi connectivity index (χ2n) is 4.83. The van der Waals surface area contributed by atoms with Gasteiger partial charge in [-0.05, 0) is 24.0 Å². The molecular formula is C15H19N3O. The van der Waals surface area contributed by atoms with Crippen molar-refractivity contribution in [3.8, 4) is 0 Å². The predicted octanol–water partition coefficient (Wildman–Crippen LogP) is 3.35. The highest BCUT2D eigenvalue weighted by molar-refractivity contribution is 6.04. The van der Waals surface area contributed by atoms with Crippen LogP contribution in [0.3, 0.4) is 0 Å². The zero-order valence-corrected chi connectivity index (χ0v) is 11.5. The molecule has 0 saturated carbocycles. The van der Waals surface area contributed by atoms with Gasteiger partial charge in [-0.15, -0.1) is 0 Å². The van der Waals surface area contributed by atoms with Crippen LogP contribution in [0.1, 0.15) is 48.3 Å². The van der Waals surface area contributed by atoms with E-state index in [9.17, 15) is 4.79 Å². The Hall–Kier alpha value is -2.10. The molecule has 1 amide bonds. The van der Waals surface area contributed by atoms with Crippen LogP contribution in [0, 0.1) is 0 Å². The van der Waals surface area contributed by atoms with Gasteiger partial charge in [0.25, 0.3) is 5.91 Å². The summed E-state index contributed by atoms with van der Waals surface area (Å²) in [6, 6.07) is 9.50. The highest BCUT2D eigenvalue weighted by Gasteiger charge is 2.12. The van der Waals surface area contributed by atoms with Crippen LogP contribution in [0.5, 0.6) is 0 Å². The number of nitrogens with zero attached hydrogens (tertiary/aromatic N) is 1. The molecule has 100 valence electrons. The number of carbonyl (C=O) groups is 1. The van der Waals surface area contributed by atoms with Gasteiger partial charge >= 0.3 is 0 Å². The number of H-pyrrole nitrogens is 1. The van der Waals surface area contributed by atoms with Crippen molar-refractivity contribution >= 4 is 11.7 Å². The van der Waals surface area contributed by atoms with E-state index in [1.54, 1.807) is 0 Å². The SMILES string of the molecule is CCc1ccccc1C(=O)Nc1cc(C(C)C)[nH]n1. The zero-order chi connectivity index (χ0) is 13.8. The Morgan fingerprint density at radius 1 is 1.37 bits per heavy atom. The fourth-order valence-electron chi connectivity index (χ4n) is 1.93. The number of aryl methyl sites for hydroxylation is 1. The minimum Gasteiger partial charge on any atom is -0.305 e. The monoisotopic (exact) mass is 257 g/mol. The molecule has 0 saturated heterocycles. The van der Waals surface area contributed by atoms with Gasteiger partial charge < -0.3 is 5.32 Å². The third-order valence-electron chi connectivity index (χ3n) is 3.10. The summed E-state index contributed by atoms with van der Waals surface area (Å²) in [7, 11) is 0. The maximum absolute atomic E-state index is 12.2. The summed E-state index contributed by atoms with van der Waals surface area (Å²) < 4.78 is 0. The minimum absolute atomic E-state index is 0.112. The second-order valence-corrected chi connectivity index (χ2v) is 4.83. The van der Waals surface area contributed by atoms with Crippen molar-refractivity contribution in [3.05, 3.63) is 47.2 Å². The summed E-state index contributed by atoms with van der Waals surface area (Å²) >= 11 is 0. The summed E-state index contributed by atoms with van der Waals surface area (Å²) in [4.78, 5) is 12.2. The first-order valence-electron chi connectivity index (χ1n) is 6.56. The average molecular weight is 257 g/mol. The first kappa shape index (κ1) is 13.3. The van der Waals surface area contributed by atoms with Gasteiger partial charge in [-0.3, -0.25) is 9.89 Å². The quantitative estimate of drug-likeness (QED) is 0.882. The number of anilines is 1. The van der Waals surface area contributed by atoms with Crippen molar-refractivity contribution in [2.45, 2.75) is 33.1 Å². The number of carbonyl (C=O) groups excluding carboxylic acids is 1. The van der Waals surface area contributed by atoms with Crippen LogP contribution in [0.2, 0.25) is 0 Å². The van der Waals surface area contributed by atoms with E-state index in [2.05, 4.69) is 29.4 Å². The molecule has 0 atom stereocenters. The Kier molecular flexibility index (Phi) is 4.00. The fourth-order valence-corrected chi connectivity index (χ4v) is 1.93. The maximum atomic E-state index is 12.2. The molecule has 0 aliphatic heterocycles. The Morgan fingerprint density at radius 2 is 2.11 bits per heavy atom. The van der Waals surface area contributed by atoms with Crippen LogP contribution in [-0.2, 0) is 6.42 Å². The maximum Gasteiger partial charge on any atom is 0.257 e. The lowest BCUT2D eigenvalue weighted by atomic mass is 10.0. The standard InChI is InChI=1S/C15H19N3O/c1-4-11-7-5-6-8-12(11)15(19)16-14-9-13(10(2)3)17-18-14/h5-10H,4H2,1-3H3,(H2,16,17,18,19). The molecular weight excluding hydrogens is 238 g/mol. The van der Waals surface area contributed by atoms with E-state index in [4.69, 9.17) is 0 Å². The third kappa shape index (κ3) is 3.02. The molecule has 2 rings (SSSR count). The lowest BCUT2D eigenvalue weighted by molar-refractivity contribution is 0.102. The van der Waals surface area contributed by atoms with E-state index in [0.717, 1.165) is 17.7 Å². The first-order valence-corrected chi connectivity index (χ1v) is 6.56. The number of amides is 1. The molecule has 2 N–H and O–H groups in total. The number of hydrogen-bond acceptors (Lipinski definition) is 2. The number of hydrogen-bond donors (Lipinski definition) is 2. The van der Waals surface area contributed by atoms with Gasteiger partial charge in [0.15, 0.2) is 5.82 Å². The molecule has 0 unspecified atom stereocenters. The Balaban J connectivity index is 2.16. The van der Waals surface area contributed by atoms with Gasteiger partial charge in [0.1, 0.15) is 0 Å². The highest BCUT2D eigenvalue weighted by atomic mass is 16.1. The topological polar surface area (TPSA) is 57.8 Å². The number of aromatic nitrogens is 2. The Morgan fingerprint density at radius 3 is 2.74 bits per heavy atom. The van der Waals surface area contributed by atoms with Crippen molar-refractivity contribution < 1.29 is 4.79 Å². The Labute approximate surface area is 113 Å². The van der Waals surface area contributed by atoms with Gasteiger partial charge in [-0.25, -0.2) is 0 Å². The predicted molar refractivity (Wildman–Crippen MR) is 76.4 cm³/mol. The molecule has 0 spiro atoms. The normalized spacial score (nSPS) is 10.7. The van der Waals surface area contributed by atoms with Gasteiger partial charge in [-0.2, -0.15) is 5.10 Å². The lowest BCUT2D eigenvalue weighted by Crippen LogP contribution is -2.14. The summed E-state index contributed by atoms with van der Waals surface area (Å²) in [6.45, 7) is 6.19. The number of aromatic amines is 1. The summed E-state index contributed by atoms with van der Waals surface area (Å²) in [5, 5.41) is 9.85. The molecule has 0 radical (unpaired) electrons. The molecule has 0 bridgehead atoms. The molecule has 1 aromatic carbocycles. The van der Waals surface area contributed by atoms with Crippen molar-refractivity contribution in [3.63, 3.8) is 0 Å². The van der Waals surface area contributed by atoms with Gasteiger partial charge in [-0.1, -0.05) is 39.0 Å². The van der Waals surface area contributed by atoms with Crippen LogP contribution < -0.4 is 5.32 Å². The molecule has 1 heterocycles. The highest BCUT2D eigenvalue weighted by Crippen LogP contribution is 2.16. The van der Waals surface area contributed by atoms with Crippen molar-refractivity contribution in [2.75, 3.05) is 5.32 Å². The zero-order valence-electron chi connectivity index (χ0n) is 11.5. The van der Waals surface area contributed by atoms with Crippen LogP contribution in [-0.4, -0.2) is 16.1 Å². The number of benzene rings is 1. The van der Waals surface area contributed by atoms with Crippen LogP contribution in [0.4, 0.5) is 5.82 Å². The van der Waals surface area contributed by atoms with Crippen molar-refractivity contribution in [2.24, 2.45) is 0 Å². The van der Waals surface area contributed by atoms with Crippen LogP contribution >= 0.6 is 0 Å². The molecule has 0 fully saturated rings. The molecule has 19 heavy (non-hydrogen) atoms. The van der Waals surface area contributed by atoms with E-state index in [-0.39, 0.29) is 5.91 Å². The minimum atomic E-state index is -0.112. The molecule has 1 aromatic heterocycles. The van der Waals surface area contributed by atoms with Crippen molar-refractivity contribution in [1.29, 1.82) is 0 Å². The molecule has 2 aromatic rings. The number of nitrogens with one attached hydrogen (secondary N) is 2. The van der Waals surface area contributed by atoms with E-state index < -0.39 is 0 Å². The van der Waals surface area contributed by atoms with Crippen LogP contribution in [0.25, 0.3) is 0 Å². The van der Waals surface area contributed by atoms with Gasteiger partial charge in [0.05, 0.1) is 0 Å².